The first kappa shape index (κ1) is 17.4. The Bertz CT molecular complexity index is 655. The highest BCUT2D eigenvalue weighted by atomic mass is 32.2. The van der Waals surface area contributed by atoms with Crippen LogP contribution in [0.2, 0.25) is 0 Å². The number of imidazole rings is 1. The molecule has 0 bridgehead atoms. The number of ether oxygens (including phenoxy) is 1. The minimum Gasteiger partial charge on any atom is -0.497 e. The van der Waals surface area contributed by atoms with Crippen LogP contribution < -0.4 is 4.74 Å². The van der Waals surface area contributed by atoms with Crippen LogP contribution in [0.3, 0.4) is 0 Å². The Hall–Kier alpha value is -1.99. The Kier molecular flexibility index (Phi) is 6.06. The highest BCUT2D eigenvalue weighted by Crippen LogP contribution is 2.26. The first-order valence-electron chi connectivity index (χ1n) is 7.26. The summed E-state index contributed by atoms with van der Waals surface area (Å²) in [6.07, 6.45) is 2.25. The van der Waals surface area contributed by atoms with Crippen molar-refractivity contribution in [2.45, 2.75) is 36.9 Å². The van der Waals surface area contributed by atoms with Crippen molar-refractivity contribution in [3.63, 3.8) is 0 Å². The highest BCUT2D eigenvalue weighted by molar-refractivity contribution is 8.00. The zero-order valence-electron chi connectivity index (χ0n) is 13.1. The van der Waals surface area contributed by atoms with Gasteiger partial charge in [-0.1, -0.05) is 30.8 Å². The van der Waals surface area contributed by atoms with E-state index in [0.717, 1.165) is 11.3 Å². The first-order chi connectivity index (χ1) is 11.1. The fourth-order valence-corrected chi connectivity index (χ4v) is 3.04. The summed E-state index contributed by atoms with van der Waals surface area (Å²) in [5.74, 6) is -0.0796. The fraction of sp³-hybridized carbons (Fsp3) is 0.375. The molecule has 2 N–H and O–H groups in total. The number of carboxylic acids is 1. The summed E-state index contributed by atoms with van der Waals surface area (Å²) in [5.41, 5.74) is 1.57. The number of aliphatic hydroxyl groups excluding tert-OH is 1. The van der Waals surface area contributed by atoms with E-state index in [1.165, 1.54) is 11.8 Å². The van der Waals surface area contributed by atoms with E-state index in [0.29, 0.717) is 23.8 Å². The molecule has 0 spiro atoms. The van der Waals surface area contributed by atoms with Gasteiger partial charge in [-0.2, -0.15) is 0 Å². The van der Waals surface area contributed by atoms with E-state index in [1.54, 1.807) is 13.3 Å². The molecule has 6 nitrogen and oxygen atoms in total. The van der Waals surface area contributed by atoms with Gasteiger partial charge in [0.05, 0.1) is 19.4 Å². The molecular weight excluding hydrogens is 316 g/mol. The van der Waals surface area contributed by atoms with Crippen LogP contribution in [0, 0.1) is 0 Å². The van der Waals surface area contributed by atoms with Crippen LogP contribution in [-0.4, -0.2) is 38.1 Å². The molecule has 23 heavy (non-hydrogen) atoms. The van der Waals surface area contributed by atoms with Crippen molar-refractivity contribution in [3.8, 4) is 5.75 Å². The van der Waals surface area contributed by atoms with Crippen LogP contribution in [0.25, 0.3) is 0 Å². The third-order valence-corrected chi connectivity index (χ3v) is 4.71. The van der Waals surface area contributed by atoms with Crippen LogP contribution in [-0.2, 0) is 17.9 Å². The zero-order chi connectivity index (χ0) is 16.8. The van der Waals surface area contributed by atoms with Crippen molar-refractivity contribution in [1.82, 2.24) is 9.55 Å². The van der Waals surface area contributed by atoms with Gasteiger partial charge < -0.3 is 19.5 Å². The number of aromatic nitrogens is 2. The minimum absolute atomic E-state index is 0.174. The van der Waals surface area contributed by atoms with Crippen LogP contribution in [0.15, 0.2) is 35.6 Å². The maximum absolute atomic E-state index is 11.2. The number of nitrogens with zero attached hydrogens (tertiary/aromatic N) is 2. The Labute approximate surface area is 139 Å². The van der Waals surface area contributed by atoms with E-state index in [9.17, 15) is 15.0 Å². The van der Waals surface area contributed by atoms with Gasteiger partial charge in [0.25, 0.3) is 0 Å². The summed E-state index contributed by atoms with van der Waals surface area (Å²) in [5, 5.41) is 18.5. The van der Waals surface area contributed by atoms with Crippen molar-refractivity contribution < 1.29 is 19.7 Å². The monoisotopic (exact) mass is 336 g/mol. The molecule has 1 aromatic heterocycles. The van der Waals surface area contributed by atoms with Crippen LogP contribution in [0.1, 0.15) is 24.6 Å². The lowest BCUT2D eigenvalue weighted by molar-refractivity contribution is -0.136. The average Bonchev–Trinajstić information content (AvgIpc) is 2.94. The van der Waals surface area contributed by atoms with Gasteiger partial charge in [0.1, 0.15) is 11.0 Å². The molecule has 0 aliphatic rings. The number of carboxylic acid groups (broad SMARTS) is 1. The molecule has 0 aliphatic carbocycles. The van der Waals surface area contributed by atoms with E-state index in [4.69, 9.17) is 4.74 Å². The topological polar surface area (TPSA) is 84.6 Å². The molecule has 0 amide bonds. The van der Waals surface area contributed by atoms with Gasteiger partial charge in [-0.3, -0.25) is 4.79 Å². The zero-order valence-corrected chi connectivity index (χ0v) is 13.9. The van der Waals surface area contributed by atoms with E-state index in [-0.39, 0.29) is 6.61 Å². The predicted molar refractivity (Wildman–Crippen MR) is 87.8 cm³/mol. The van der Waals surface area contributed by atoms with Crippen LogP contribution in [0.4, 0.5) is 0 Å². The number of thioether (sulfide) groups is 1. The third-order valence-electron chi connectivity index (χ3n) is 3.36. The SMILES string of the molecule is CC[C@@H](Sc1nc(CO)cn1Cc1ccc(OC)cc1)C(=O)O. The Morgan fingerprint density at radius 2 is 2.09 bits per heavy atom. The summed E-state index contributed by atoms with van der Waals surface area (Å²) in [6.45, 7) is 2.21. The quantitative estimate of drug-likeness (QED) is 0.720. The van der Waals surface area contributed by atoms with Crippen molar-refractivity contribution in [3.05, 3.63) is 41.7 Å². The molecular formula is C16H20N2O4S. The van der Waals surface area contributed by atoms with Gasteiger partial charge in [0.15, 0.2) is 5.16 Å². The molecule has 2 aromatic rings. The number of aliphatic carboxylic acids is 1. The molecule has 0 saturated carbocycles. The number of aliphatic hydroxyl groups is 1. The van der Waals surface area contributed by atoms with Crippen LogP contribution >= 0.6 is 11.8 Å². The van der Waals surface area contributed by atoms with Gasteiger partial charge in [0.2, 0.25) is 0 Å². The number of methoxy groups -OCH3 is 1. The second-order valence-corrected chi connectivity index (χ2v) is 6.17. The summed E-state index contributed by atoms with van der Waals surface area (Å²) in [4.78, 5) is 15.5. The summed E-state index contributed by atoms with van der Waals surface area (Å²) in [6, 6.07) is 7.64. The fourth-order valence-electron chi connectivity index (χ4n) is 2.10. The second-order valence-electron chi connectivity index (χ2n) is 5.00. The van der Waals surface area contributed by atoms with Gasteiger partial charge in [-0.25, -0.2) is 4.98 Å². The predicted octanol–water partition coefficient (Wildman–Crippen LogP) is 2.39. The maximum Gasteiger partial charge on any atom is 0.317 e. The number of carbonyl (C=O) groups is 1. The molecule has 2 rings (SSSR count). The molecule has 124 valence electrons. The Morgan fingerprint density at radius 3 is 2.61 bits per heavy atom. The normalized spacial score (nSPS) is 12.1. The number of hydrogen-bond acceptors (Lipinski definition) is 5. The van der Waals surface area contributed by atoms with Gasteiger partial charge >= 0.3 is 5.97 Å². The molecule has 0 aliphatic heterocycles. The maximum atomic E-state index is 11.2. The smallest absolute Gasteiger partial charge is 0.317 e. The number of benzene rings is 1. The van der Waals surface area contributed by atoms with Gasteiger partial charge in [-0.15, -0.1) is 0 Å². The largest absolute Gasteiger partial charge is 0.497 e. The summed E-state index contributed by atoms with van der Waals surface area (Å²) >= 11 is 1.20. The number of hydrogen-bond donors (Lipinski definition) is 2. The Balaban J connectivity index is 2.22. The van der Waals surface area contributed by atoms with Gasteiger partial charge in [0, 0.05) is 12.7 Å². The molecule has 7 heteroatoms. The molecule has 0 fully saturated rings. The summed E-state index contributed by atoms with van der Waals surface area (Å²) in [7, 11) is 1.62. The molecule has 0 saturated heterocycles. The molecule has 1 atom stereocenters. The highest BCUT2D eigenvalue weighted by Gasteiger charge is 2.20. The van der Waals surface area contributed by atoms with E-state index in [2.05, 4.69) is 4.98 Å². The average molecular weight is 336 g/mol. The molecule has 0 radical (unpaired) electrons. The van der Waals surface area contributed by atoms with Crippen molar-refractivity contribution >= 4 is 17.7 Å². The van der Waals surface area contributed by atoms with E-state index >= 15 is 0 Å². The molecule has 1 aromatic carbocycles. The lowest BCUT2D eigenvalue weighted by Crippen LogP contribution is -2.16. The van der Waals surface area contributed by atoms with E-state index < -0.39 is 11.2 Å². The molecule has 1 heterocycles. The molecule has 0 unspecified atom stereocenters. The van der Waals surface area contributed by atoms with Crippen LogP contribution in [0.5, 0.6) is 5.75 Å². The first-order valence-corrected chi connectivity index (χ1v) is 8.14. The summed E-state index contributed by atoms with van der Waals surface area (Å²) < 4.78 is 7.00. The number of rotatable bonds is 8. The Morgan fingerprint density at radius 1 is 1.39 bits per heavy atom. The van der Waals surface area contributed by atoms with E-state index in [1.807, 2.05) is 35.8 Å². The van der Waals surface area contributed by atoms with Crippen molar-refractivity contribution in [2.75, 3.05) is 7.11 Å². The third kappa shape index (κ3) is 4.49. The lowest BCUT2D eigenvalue weighted by atomic mass is 10.2. The second kappa shape index (κ2) is 8.03. The van der Waals surface area contributed by atoms with Gasteiger partial charge in [-0.05, 0) is 24.1 Å². The minimum atomic E-state index is -0.859. The lowest BCUT2D eigenvalue weighted by Gasteiger charge is -2.11. The standard InChI is InChI=1S/C16H20N2O4S/c1-3-14(15(20)21)23-16-17-12(10-19)9-18(16)8-11-4-6-13(22-2)7-5-11/h4-7,9,14,19H,3,8,10H2,1-2H3,(H,20,21)/t14-/m1/s1. The van der Waals surface area contributed by atoms with Crippen molar-refractivity contribution in [1.29, 1.82) is 0 Å². The van der Waals surface area contributed by atoms with Crippen molar-refractivity contribution in [2.24, 2.45) is 0 Å².